The van der Waals surface area contributed by atoms with Crippen LogP contribution in [0.25, 0.3) is 0 Å². The number of rotatable bonds is 14. The van der Waals surface area contributed by atoms with E-state index in [-0.39, 0.29) is 63.6 Å². The summed E-state index contributed by atoms with van der Waals surface area (Å²) in [6, 6.07) is 8.29. The summed E-state index contributed by atoms with van der Waals surface area (Å²) in [5.41, 5.74) is 1.31. The molecule has 2 aromatic rings. The maximum absolute atomic E-state index is 11.5. The van der Waals surface area contributed by atoms with E-state index >= 15 is 0 Å². The lowest BCUT2D eigenvalue weighted by molar-refractivity contribution is 0.0430. The molecule has 12 nitrogen and oxygen atoms in total. The van der Waals surface area contributed by atoms with Gasteiger partial charge < -0.3 is 40.1 Å². The minimum Gasteiger partial charge on any atom is -0.478 e. The number of carbonyl (C=O) groups excluding carboxylic acids is 2. The van der Waals surface area contributed by atoms with Gasteiger partial charge in [-0.15, -0.1) is 0 Å². The summed E-state index contributed by atoms with van der Waals surface area (Å²) in [6.07, 6.45) is 1.05. The number of carboxylic acid groups (broad SMARTS) is 2. The van der Waals surface area contributed by atoms with E-state index in [0.717, 1.165) is 0 Å². The normalized spacial score (nSPS) is 10.2. The number of ether oxygens (including phenoxy) is 2. The van der Waals surface area contributed by atoms with E-state index in [9.17, 15) is 19.2 Å². The van der Waals surface area contributed by atoms with Crippen LogP contribution in [0.5, 0.6) is 0 Å². The Balaban J connectivity index is 0.000000380. The fraction of sp³-hybridized carbons (Fsp3) is 0.385. The number of esters is 2. The summed E-state index contributed by atoms with van der Waals surface area (Å²) in [6.45, 7) is -0.576. The highest BCUT2D eigenvalue weighted by Crippen LogP contribution is 2.22. The molecule has 38 heavy (non-hydrogen) atoms. The van der Waals surface area contributed by atoms with E-state index in [1.807, 2.05) is 0 Å². The molecule has 0 saturated carbocycles. The first-order valence-corrected chi connectivity index (χ1v) is 11.7. The third-order valence-electron chi connectivity index (χ3n) is 5.06. The van der Waals surface area contributed by atoms with Gasteiger partial charge in [0.1, 0.15) is 6.61 Å². The molecule has 208 valence electrons. The summed E-state index contributed by atoms with van der Waals surface area (Å²) in [5.74, 6) is -3.38. The predicted molar refractivity (Wildman–Crippen MR) is 132 cm³/mol. The minimum atomic E-state index is -1.16. The van der Waals surface area contributed by atoms with Crippen molar-refractivity contribution >= 4 is 23.9 Å². The van der Waals surface area contributed by atoms with Crippen molar-refractivity contribution in [2.45, 2.75) is 25.7 Å². The van der Waals surface area contributed by atoms with Crippen LogP contribution in [0, 0.1) is 0 Å². The molecule has 0 aliphatic heterocycles. The summed E-state index contributed by atoms with van der Waals surface area (Å²) < 4.78 is 9.61. The minimum absolute atomic E-state index is 0.00742. The van der Waals surface area contributed by atoms with Gasteiger partial charge in [0.05, 0.1) is 35.5 Å². The fourth-order valence-corrected chi connectivity index (χ4v) is 3.31. The van der Waals surface area contributed by atoms with Crippen molar-refractivity contribution in [3.05, 3.63) is 69.8 Å². The Morgan fingerprint density at radius 2 is 1.00 bits per heavy atom. The molecule has 0 aliphatic carbocycles. The zero-order valence-electron chi connectivity index (χ0n) is 20.7. The number of aliphatic hydroxyl groups is 4. The average Bonchev–Trinajstić information content (AvgIpc) is 2.91. The van der Waals surface area contributed by atoms with E-state index in [0.29, 0.717) is 35.1 Å². The van der Waals surface area contributed by atoms with Crippen LogP contribution in [0.1, 0.15) is 65.4 Å². The molecule has 0 spiro atoms. The SMILES string of the molecule is O=C(O)c1ccc(C(=O)O)c(CCCO)c1CCO.O=C(OCCO)c1ccc(C(=O)OCCCO)cc1. The molecular weight excluding hydrogens is 504 g/mol. The Kier molecular flexibility index (Phi) is 14.9. The Morgan fingerprint density at radius 3 is 1.39 bits per heavy atom. The lowest BCUT2D eigenvalue weighted by atomic mass is 9.91. The first-order chi connectivity index (χ1) is 18.2. The van der Waals surface area contributed by atoms with E-state index < -0.39 is 23.9 Å². The molecule has 0 atom stereocenters. The Hall–Kier alpha value is -3.84. The van der Waals surface area contributed by atoms with Crippen molar-refractivity contribution in [2.24, 2.45) is 0 Å². The number of hydrogen-bond donors (Lipinski definition) is 6. The van der Waals surface area contributed by atoms with Crippen LogP contribution in [0.2, 0.25) is 0 Å². The second kappa shape index (κ2) is 17.6. The average molecular weight is 537 g/mol. The molecule has 6 N–H and O–H groups in total. The third-order valence-corrected chi connectivity index (χ3v) is 5.06. The smallest absolute Gasteiger partial charge is 0.338 e. The molecule has 0 fully saturated rings. The Labute approximate surface area is 218 Å². The van der Waals surface area contributed by atoms with Gasteiger partial charge in [-0.05, 0) is 66.8 Å². The van der Waals surface area contributed by atoms with Gasteiger partial charge in [0.2, 0.25) is 0 Å². The monoisotopic (exact) mass is 536 g/mol. The second-order valence-corrected chi connectivity index (χ2v) is 7.68. The maximum Gasteiger partial charge on any atom is 0.338 e. The number of aliphatic hydroxyl groups excluding tert-OH is 4. The number of carbonyl (C=O) groups is 4. The molecule has 0 saturated heterocycles. The molecule has 0 aromatic heterocycles. The molecule has 0 aliphatic rings. The highest BCUT2D eigenvalue weighted by atomic mass is 16.5. The number of benzene rings is 2. The van der Waals surface area contributed by atoms with Gasteiger partial charge in [-0.25, -0.2) is 19.2 Å². The third kappa shape index (κ3) is 10.3. The quantitative estimate of drug-likeness (QED) is 0.147. The first-order valence-electron chi connectivity index (χ1n) is 11.7. The van der Waals surface area contributed by atoms with Crippen molar-refractivity contribution in [2.75, 3.05) is 39.6 Å². The predicted octanol–water partition coefficient (Wildman–Crippen LogP) is 0.918. The topological polar surface area (TPSA) is 208 Å². The molecule has 0 heterocycles. The van der Waals surface area contributed by atoms with Crippen LogP contribution in [-0.2, 0) is 22.3 Å². The van der Waals surface area contributed by atoms with Crippen LogP contribution in [-0.4, -0.2) is 94.2 Å². The zero-order chi connectivity index (χ0) is 28.5. The molecule has 0 amide bonds. The van der Waals surface area contributed by atoms with E-state index in [1.54, 1.807) is 0 Å². The molecule has 0 unspecified atom stereocenters. The van der Waals surface area contributed by atoms with Crippen molar-refractivity contribution in [1.29, 1.82) is 0 Å². The second-order valence-electron chi connectivity index (χ2n) is 7.68. The van der Waals surface area contributed by atoms with E-state index in [4.69, 9.17) is 40.1 Å². The summed E-state index contributed by atoms with van der Waals surface area (Å²) in [5, 5.41) is 53.1. The van der Waals surface area contributed by atoms with Crippen LogP contribution in [0.4, 0.5) is 0 Å². The summed E-state index contributed by atoms with van der Waals surface area (Å²) >= 11 is 0. The van der Waals surface area contributed by atoms with Gasteiger partial charge >= 0.3 is 23.9 Å². The van der Waals surface area contributed by atoms with Crippen LogP contribution < -0.4 is 0 Å². The molecule has 2 rings (SSSR count). The highest BCUT2D eigenvalue weighted by Gasteiger charge is 2.20. The van der Waals surface area contributed by atoms with Gasteiger partial charge in [-0.2, -0.15) is 0 Å². The van der Waals surface area contributed by atoms with Crippen molar-refractivity contribution < 1.29 is 59.3 Å². The van der Waals surface area contributed by atoms with Crippen LogP contribution >= 0.6 is 0 Å². The fourth-order valence-electron chi connectivity index (χ4n) is 3.31. The number of hydrogen-bond acceptors (Lipinski definition) is 10. The summed E-state index contributed by atoms with van der Waals surface area (Å²) in [7, 11) is 0. The van der Waals surface area contributed by atoms with Crippen LogP contribution in [0.15, 0.2) is 36.4 Å². The van der Waals surface area contributed by atoms with Gasteiger partial charge in [0.15, 0.2) is 0 Å². The van der Waals surface area contributed by atoms with E-state index in [2.05, 4.69) is 0 Å². The molecule has 12 heteroatoms. The molecule has 2 aromatic carbocycles. The number of aromatic carboxylic acids is 2. The van der Waals surface area contributed by atoms with Gasteiger partial charge in [0.25, 0.3) is 0 Å². The van der Waals surface area contributed by atoms with Crippen molar-refractivity contribution in [3.8, 4) is 0 Å². The lowest BCUT2D eigenvalue weighted by Crippen LogP contribution is -2.13. The zero-order valence-corrected chi connectivity index (χ0v) is 20.7. The summed E-state index contributed by atoms with van der Waals surface area (Å²) in [4.78, 5) is 45.2. The van der Waals surface area contributed by atoms with Gasteiger partial charge in [-0.1, -0.05) is 0 Å². The lowest BCUT2D eigenvalue weighted by Gasteiger charge is -2.14. The number of carboxylic acids is 2. The Morgan fingerprint density at radius 1 is 0.553 bits per heavy atom. The van der Waals surface area contributed by atoms with E-state index in [1.165, 1.54) is 36.4 Å². The highest BCUT2D eigenvalue weighted by molar-refractivity contribution is 5.95. The van der Waals surface area contributed by atoms with Crippen molar-refractivity contribution in [1.82, 2.24) is 0 Å². The van der Waals surface area contributed by atoms with Crippen LogP contribution in [0.3, 0.4) is 0 Å². The Bertz CT molecular complexity index is 1060. The largest absolute Gasteiger partial charge is 0.478 e. The van der Waals surface area contributed by atoms with Gasteiger partial charge in [0, 0.05) is 26.2 Å². The van der Waals surface area contributed by atoms with Crippen molar-refractivity contribution in [3.63, 3.8) is 0 Å². The molecule has 0 bridgehead atoms. The molecule has 0 radical (unpaired) electrons. The maximum atomic E-state index is 11.5. The standard InChI is InChI=1S/2C13H16O6/c14-6-1-8-18-12(16)10-2-4-11(5-3-10)13(17)19-9-7-15;14-6-1-2-8-9(5-7-15)11(13(18)19)4-3-10(8)12(16)17/h2-5,14-15H,1,6-9H2;3-4,14-15H,1-2,5-7H2,(H,16,17)(H,18,19). The van der Waals surface area contributed by atoms with Gasteiger partial charge in [-0.3, -0.25) is 0 Å². The first kappa shape index (κ1) is 32.2. The molecular formula is C26H32O12.